The molecule has 0 bridgehead atoms. The van der Waals surface area contributed by atoms with Gasteiger partial charge in [0.05, 0.1) is 0 Å². The summed E-state index contributed by atoms with van der Waals surface area (Å²) in [4.78, 5) is 16.8. The highest BCUT2D eigenvalue weighted by molar-refractivity contribution is 5.77. The summed E-state index contributed by atoms with van der Waals surface area (Å²) < 4.78 is 0. The molecule has 16 heavy (non-hydrogen) atoms. The highest BCUT2D eigenvalue weighted by Gasteiger charge is 2.31. The van der Waals surface area contributed by atoms with Crippen molar-refractivity contribution in [2.75, 3.05) is 19.0 Å². The minimum atomic E-state index is -1.77. The third-order valence-corrected chi connectivity index (χ3v) is 2.29. The van der Waals surface area contributed by atoms with Gasteiger partial charge in [-0.2, -0.15) is 0 Å². The summed E-state index contributed by atoms with van der Waals surface area (Å²) in [5.74, 6) is -0.565. The molecule has 1 aromatic rings. The fourth-order valence-corrected chi connectivity index (χ4v) is 1.42. The largest absolute Gasteiger partial charge is 0.479 e. The molecule has 1 unspecified atom stereocenters. The first-order valence-corrected chi connectivity index (χ1v) is 4.91. The molecular formula is C11H16N2O3. The van der Waals surface area contributed by atoms with Crippen LogP contribution in [0.2, 0.25) is 0 Å². The number of pyridine rings is 1. The van der Waals surface area contributed by atoms with Gasteiger partial charge in [0.15, 0.2) is 5.60 Å². The molecule has 2 N–H and O–H groups in total. The highest BCUT2D eigenvalue weighted by Crippen LogP contribution is 2.20. The molecule has 5 nitrogen and oxygen atoms in total. The summed E-state index contributed by atoms with van der Waals surface area (Å²) in [6.45, 7) is 1.28. The van der Waals surface area contributed by atoms with Gasteiger partial charge in [-0.1, -0.05) is 6.07 Å². The molecule has 0 spiro atoms. The Balaban J connectivity index is 3.01. The van der Waals surface area contributed by atoms with Crippen LogP contribution in [-0.2, 0) is 11.2 Å². The smallest absolute Gasteiger partial charge is 0.335 e. The van der Waals surface area contributed by atoms with E-state index in [0.29, 0.717) is 11.4 Å². The van der Waals surface area contributed by atoms with Crippen LogP contribution >= 0.6 is 0 Å². The fraction of sp³-hybridized carbons (Fsp3) is 0.455. The minimum absolute atomic E-state index is 0.0314. The summed E-state index contributed by atoms with van der Waals surface area (Å²) in [6.07, 6.45) is 1.66. The van der Waals surface area contributed by atoms with Crippen LogP contribution in [0.15, 0.2) is 18.3 Å². The van der Waals surface area contributed by atoms with Gasteiger partial charge in [-0.15, -0.1) is 0 Å². The van der Waals surface area contributed by atoms with Crippen molar-refractivity contribution in [1.29, 1.82) is 0 Å². The predicted molar refractivity (Wildman–Crippen MR) is 60.5 cm³/mol. The predicted octanol–water partition coefficient (Wildman–Crippen LogP) is 0.526. The van der Waals surface area contributed by atoms with Gasteiger partial charge in [-0.25, -0.2) is 9.78 Å². The number of carboxylic acid groups (broad SMARTS) is 1. The molecule has 0 saturated heterocycles. The number of aromatic nitrogens is 1. The molecule has 1 heterocycles. The standard InChI is InChI=1S/C11H16N2O3/c1-11(16,10(14)15)7-8-5-4-6-12-9(8)13(2)3/h4-6,16H,7H2,1-3H3,(H,14,15). The number of anilines is 1. The lowest BCUT2D eigenvalue weighted by molar-refractivity contribution is -0.156. The van der Waals surface area contributed by atoms with Crippen LogP contribution < -0.4 is 4.90 Å². The molecule has 0 aliphatic carbocycles. The zero-order valence-electron chi connectivity index (χ0n) is 9.64. The Kier molecular flexibility index (Phi) is 3.49. The topological polar surface area (TPSA) is 73.7 Å². The van der Waals surface area contributed by atoms with Crippen molar-refractivity contribution in [3.05, 3.63) is 23.9 Å². The lowest BCUT2D eigenvalue weighted by Crippen LogP contribution is -2.37. The maximum Gasteiger partial charge on any atom is 0.335 e. The molecule has 0 fully saturated rings. The second kappa shape index (κ2) is 4.49. The van der Waals surface area contributed by atoms with Gasteiger partial charge in [-0.05, 0) is 18.6 Å². The molecule has 0 radical (unpaired) electrons. The lowest BCUT2D eigenvalue weighted by atomic mass is 9.97. The molecule has 0 aliphatic rings. The van der Waals surface area contributed by atoms with Crippen molar-refractivity contribution in [3.8, 4) is 0 Å². The van der Waals surface area contributed by atoms with Crippen molar-refractivity contribution in [1.82, 2.24) is 4.98 Å². The Bertz CT molecular complexity index is 389. The van der Waals surface area contributed by atoms with Crippen LogP contribution in [0, 0.1) is 0 Å². The Labute approximate surface area is 94.4 Å². The SMILES string of the molecule is CN(C)c1ncccc1CC(C)(O)C(=O)O. The van der Waals surface area contributed by atoms with Crippen molar-refractivity contribution < 1.29 is 15.0 Å². The molecular weight excluding hydrogens is 208 g/mol. The Morgan fingerprint density at radius 1 is 1.56 bits per heavy atom. The zero-order valence-corrected chi connectivity index (χ0v) is 9.64. The van der Waals surface area contributed by atoms with E-state index in [4.69, 9.17) is 5.11 Å². The van der Waals surface area contributed by atoms with Gasteiger partial charge >= 0.3 is 5.97 Å². The normalized spacial score (nSPS) is 14.2. The van der Waals surface area contributed by atoms with E-state index in [-0.39, 0.29) is 6.42 Å². The van der Waals surface area contributed by atoms with E-state index in [9.17, 15) is 9.90 Å². The molecule has 0 amide bonds. The van der Waals surface area contributed by atoms with Gasteiger partial charge < -0.3 is 15.1 Å². The van der Waals surface area contributed by atoms with Crippen LogP contribution in [0.25, 0.3) is 0 Å². The Morgan fingerprint density at radius 2 is 2.19 bits per heavy atom. The van der Waals surface area contributed by atoms with E-state index in [1.165, 1.54) is 6.92 Å². The first kappa shape index (κ1) is 12.4. The minimum Gasteiger partial charge on any atom is -0.479 e. The molecule has 88 valence electrons. The number of nitrogens with zero attached hydrogens (tertiary/aromatic N) is 2. The van der Waals surface area contributed by atoms with Gasteiger partial charge in [0.1, 0.15) is 5.82 Å². The molecule has 0 aliphatic heterocycles. The summed E-state index contributed by atoms with van der Waals surface area (Å²) in [7, 11) is 3.64. The van der Waals surface area contributed by atoms with Crippen LogP contribution in [0.3, 0.4) is 0 Å². The average molecular weight is 224 g/mol. The maximum atomic E-state index is 10.8. The molecule has 0 aromatic carbocycles. The second-order valence-electron chi connectivity index (χ2n) is 4.14. The average Bonchev–Trinajstić information content (AvgIpc) is 2.17. The van der Waals surface area contributed by atoms with Gasteiger partial charge in [0.2, 0.25) is 0 Å². The number of aliphatic carboxylic acids is 1. The van der Waals surface area contributed by atoms with E-state index in [1.807, 2.05) is 14.1 Å². The Hall–Kier alpha value is -1.62. The number of aliphatic hydroxyl groups is 1. The van der Waals surface area contributed by atoms with E-state index >= 15 is 0 Å². The summed E-state index contributed by atoms with van der Waals surface area (Å²) in [6, 6.07) is 3.49. The summed E-state index contributed by atoms with van der Waals surface area (Å²) in [5, 5.41) is 18.6. The van der Waals surface area contributed by atoms with Crippen LogP contribution in [0.4, 0.5) is 5.82 Å². The summed E-state index contributed by atoms with van der Waals surface area (Å²) >= 11 is 0. The quantitative estimate of drug-likeness (QED) is 0.780. The molecule has 1 atom stereocenters. The first-order valence-electron chi connectivity index (χ1n) is 4.91. The van der Waals surface area contributed by atoms with Crippen molar-refractivity contribution in [3.63, 3.8) is 0 Å². The second-order valence-corrected chi connectivity index (χ2v) is 4.14. The molecule has 0 saturated carbocycles. The number of hydrogen-bond acceptors (Lipinski definition) is 4. The van der Waals surface area contributed by atoms with Crippen LogP contribution in [-0.4, -0.2) is 40.9 Å². The first-order chi connectivity index (χ1) is 7.34. The number of rotatable bonds is 4. The Morgan fingerprint density at radius 3 is 2.69 bits per heavy atom. The fourth-order valence-electron chi connectivity index (χ4n) is 1.42. The third-order valence-electron chi connectivity index (χ3n) is 2.29. The molecule has 5 heteroatoms. The lowest BCUT2D eigenvalue weighted by Gasteiger charge is -2.21. The summed E-state index contributed by atoms with van der Waals surface area (Å²) in [5.41, 5.74) is -1.06. The monoisotopic (exact) mass is 224 g/mol. The number of hydrogen-bond donors (Lipinski definition) is 2. The van der Waals surface area contributed by atoms with Gasteiger partial charge in [0.25, 0.3) is 0 Å². The number of carboxylic acids is 1. The zero-order chi connectivity index (χ0) is 12.3. The highest BCUT2D eigenvalue weighted by atomic mass is 16.4. The number of carbonyl (C=O) groups is 1. The third kappa shape index (κ3) is 2.70. The van der Waals surface area contributed by atoms with E-state index in [2.05, 4.69) is 4.98 Å². The van der Waals surface area contributed by atoms with E-state index in [1.54, 1.807) is 23.2 Å². The molecule has 1 aromatic heterocycles. The van der Waals surface area contributed by atoms with Crippen molar-refractivity contribution in [2.24, 2.45) is 0 Å². The van der Waals surface area contributed by atoms with Crippen molar-refractivity contribution in [2.45, 2.75) is 18.9 Å². The van der Waals surface area contributed by atoms with E-state index in [0.717, 1.165) is 0 Å². The van der Waals surface area contributed by atoms with E-state index < -0.39 is 11.6 Å². The van der Waals surface area contributed by atoms with Crippen LogP contribution in [0.1, 0.15) is 12.5 Å². The molecule has 1 rings (SSSR count). The van der Waals surface area contributed by atoms with Crippen LogP contribution in [0.5, 0.6) is 0 Å². The van der Waals surface area contributed by atoms with Gasteiger partial charge in [-0.3, -0.25) is 0 Å². The van der Waals surface area contributed by atoms with Crippen molar-refractivity contribution >= 4 is 11.8 Å². The van der Waals surface area contributed by atoms with Gasteiger partial charge in [0, 0.05) is 26.7 Å². The maximum absolute atomic E-state index is 10.8.